The van der Waals surface area contributed by atoms with E-state index in [2.05, 4.69) is 26.2 Å². The van der Waals surface area contributed by atoms with Crippen molar-refractivity contribution in [2.24, 2.45) is 0 Å². The third-order valence-corrected chi connectivity index (χ3v) is 9.95. The Labute approximate surface area is 299 Å². The second kappa shape index (κ2) is 15.8. The normalized spacial score (nSPS) is 13.9. The number of aromatic nitrogens is 5. The number of ether oxygens (including phenoxy) is 2. The molecular formula is C37H43N9O4S. The molecule has 51 heavy (non-hydrogen) atoms. The van der Waals surface area contributed by atoms with Gasteiger partial charge in [-0.15, -0.1) is 0 Å². The molecule has 2 aromatic carbocycles. The maximum absolute atomic E-state index is 12.1. The van der Waals surface area contributed by atoms with Crippen molar-refractivity contribution in [3.05, 3.63) is 107 Å². The first-order valence-electron chi connectivity index (χ1n) is 16.7. The van der Waals surface area contributed by atoms with E-state index in [-0.39, 0.29) is 0 Å². The van der Waals surface area contributed by atoms with Crippen LogP contribution >= 0.6 is 0 Å². The monoisotopic (exact) mass is 709 g/mol. The van der Waals surface area contributed by atoms with Crippen LogP contribution < -0.4 is 19.7 Å². The fraction of sp³-hybridized carbons (Fsp3) is 0.324. The zero-order valence-corrected chi connectivity index (χ0v) is 30.4. The SMILES string of the molecule is COc1ccc(CN(Cc2ccc(OC)cc2)c2nc(C)nc(-c3cc(CN4CCN(S(C)(=O)=O)CC4)cnc3Nc3ccc(C)nc3)n2)cc1. The van der Waals surface area contributed by atoms with Crippen molar-refractivity contribution >= 4 is 27.5 Å². The first-order valence-corrected chi connectivity index (χ1v) is 18.5. The first-order chi connectivity index (χ1) is 24.6. The third kappa shape index (κ3) is 9.34. The lowest BCUT2D eigenvalue weighted by molar-refractivity contribution is 0.182. The van der Waals surface area contributed by atoms with Gasteiger partial charge in [-0.3, -0.25) is 9.88 Å². The lowest BCUT2D eigenvalue weighted by Crippen LogP contribution is -2.47. The van der Waals surface area contributed by atoms with Crippen molar-refractivity contribution in [2.75, 3.05) is 56.9 Å². The highest BCUT2D eigenvalue weighted by Gasteiger charge is 2.24. The van der Waals surface area contributed by atoms with Crippen LogP contribution in [0.1, 0.15) is 28.2 Å². The van der Waals surface area contributed by atoms with Gasteiger partial charge in [-0.2, -0.15) is 14.3 Å². The van der Waals surface area contributed by atoms with Crippen LogP contribution in [0.2, 0.25) is 0 Å². The molecule has 0 bridgehead atoms. The standard InChI is InChI=1S/C37H43N9O4S/c1-26-6-11-31(22-38-26)42-35-34(20-30(21-39-35)23-44-16-18-46(19-17-44)51(5,47)48)36-40-27(2)41-37(43-36)45(24-28-7-12-32(49-3)13-8-28)25-29-9-14-33(50-4)15-10-29/h6-15,20-22H,16-19,23-25H2,1-5H3,(H,39,42). The highest BCUT2D eigenvalue weighted by Crippen LogP contribution is 2.30. The summed E-state index contributed by atoms with van der Waals surface area (Å²) < 4.78 is 36.4. The molecule has 3 aromatic heterocycles. The topological polar surface area (TPSA) is 139 Å². The molecule has 0 radical (unpaired) electrons. The summed E-state index contributed by atoms with van der Waals surface area (Å²) in [4.78, 5) is 28.4. The lowest BCUT2D eigenvalue weighted by Gasteiger charge is -2.33. The van der Waals surface area contributed by atoms with E-state index in [9.17, 15) is 8.42 Å². The second-order valence-electron chi connectivity index (χ2n) is 12.5. The van der Waals surface area contributed by atoms with Crippen molar-refractivity contribution < 1.29 is 17.9 Å². The fourth-order valence-corrected chi connectivity index (χ4v) is 6.68. The molecule has 1 saturated heterocycles. The molecule has 14 heteroatoms. The van der Waals surface area contributed by atoms with Crippen LogP contribution in [0.4, 0.5) is 17.5 Å². The number of aryl methyl sites for hydroxylation is 2. The molecule has 5 aromatic rings. The number of pyridine rings is 2. The molecule has 4 heterocycles. The number of sulfonamides is 1. The van der Waals surface area contributed by atoms with Crippen LogP contribution in [0.3, 0.4) is 0 Å². The summed E-state index contributed by atoms with van der Waals surface area (Å²) in [7, 11) is 0.0868. The summed E-state index contributed by atoms with van der Waals surface area (Å²) in [6.45, 7) is 7.63. The number of hydrogen-bond donors (Lipinski definition) is 1. The predicted octanol–water partition coefficient (Wildman–Crippen LogP) is 4.99. The molecule has 1 fully saturated rings. The van der Waals surface area contributed by atoms with E-state index in [1.165, 1.54) is 10.6 Å². The van der Waals surface area contributed by atoms with E-state index < -0.39 is 10.0 Å². The zero-order valence-electron chi connectivity index (χ0n) is 29.6. The molecule has 6 rings (SSSR count). The molecule has 0 amide bonds. The highest BCUT2D eigenvalue weighted by atomic mass is 32.2. The Morgan fingerprint density at radius 1 is 0.765 bits per heavy atom. The predicted molar refractivity (Wildman–Crippen MR) is 198 cm³/mol. The molecular weight excluding hydrogens is 667 g/mol. The van der Waals surface area contributed by atoms with E-state index >= 15 is 0 Å². The smallest absolute Gasteiger partial charge is 0.229 e. The van der Waals surface area contributed by atoms with E-state index in [1.807, 2.05) is 80.7 Å². The molecule has 1 aliphatic heterocycles. The number of hydrogen-bond acceptors (Lipinski definition) is 12. The molecule has 0 unspecified atom stereocenters. The summed E-state index contributed by atoms with van der Waals surface area (Å²) in [6, 6.07) is 21.9. The number of methoxy groups -OCH3 is 2. The number of rotatable bonds is 13. The number of piperazine rings is 1. The summed E-state index contributed by atoms with van der Waals surface area (Å²) >= 11 is 0. The van der Waals surface area contributed by atoms with Crippen LogP contribution in [0.25, 0.3) is 11.4 Å². The lowest BCUT2D eigenvalue weighted by atomic mass is 10.1. The first kappa shape index (κ1) is 35.6. The Bertz CT molecular complexity index is 1990. The van der Waals surface area contributed by atoms with Gasteiger partial charge in [0.1, 0.15) is 23.1 Å². The number of nitrogens with zero attached hydrogens (tertiary/aromatic N) is 8. The summed E-state index contributed by atoms with van der Waals surface area (Å²) in [5.41, 5.74) is 5.49. The van der Waals surface area contributed by atoms with E-state index in [1.54, 1.807) is 20.4 Å². The molecule has 13 nitrogen and oxygen atoms in total. The van der Waals surface area contributed by atoms with Gasteiger partial charge in [-0.1, -0.05) is 24.3 Å². The molecule has 0 spiro atoms. The van der Waals surface area contributed by atoms with Crippen LogP contribution in [-0.4, -0.2) is 89.2 Å². The maximum Gasteiger partial charge on any atom is 0.229 e. The van der Waals surface area contributed by atoms with Crippen LogP contribution in [0, 0.1) is 13.8 Å². The number of benzene rings is 2. The fourth-order valence-electron chi connectivity index (χ4n) is 5.85. The summed E-state index contributed by atoms with van der Waals surface area (Å²) in [5, 5.41) is 3.42. The quantitative estimate of drug-likeness (QED) is 0.176. The largest absolute Gasteiger partial charge is 0.497 e. The third-order valence-electron chi connectivity index (χ3n) is 8.65. The molecule has 0 saturated carbocycles. The van der Waals surface area contributed by atoms with Crippen LogP contribution in [-0.2, 0) is 29.7 Å². The van der Waals surface area contributed by atoms with Gasteiger partial charge in [0, 0.05) is 57.7 Å². The van der Waals surface area contributed by atoms with Gasteiger partial charge in [0.05, 0.1) is 37.9 Å². The molecule has 0 atom stereocenters. The number of anilines is 3. The summed E-state index contributed by atoms with van der Waals surface area (Å²) in [5.74, 6) is 3.72. The highest BCUT2D eigenvalue weighted by molar-refractivity contribution is 7.88. The van der Waals surface area contributed by atoms with Crippen molar-refractivity contribution in [1.82, 2.24) is 34.1 Å². The van der Waals surface area contributed by atoms with Gasteiger partial charge in [0.2, 0.25) is 16.0 Å². The zero-order chi connectivity index (χ0) is 36.0. The molecule has 1 aliphatic rings. The minimum atomic E-state index is -3.22. The van der Waals surface area contributed by atoms with E-state index in [4.69, 9.17) is 29.4 Å². The Balaban J connectivity index is 1.36. The van der Waals surface area contributed by atoms with Gasteiger partial charge in [-0.05, 0) is 73.0 Å². The number of nitrogens with one attached hydrogen (secondary N) is 1. The van der Waals surface area contributed by atoms with Gasteiger partial charge in [0.15, 0.2) is 5.82 Å². The summed E-state index contributed by atoms with van der Waals surface area (Å²) in [6.07, 6.45) is 4.87. The molecule has 0 aliphatic carbocycles. The van der Waals surface area contributed by atoms with Gasteiger partial charge < -0.3 is 19.7 Å². The maximum atomic E-state index is 12.1. The molecule has 266 valence electrons. The minimum absolute atomic E-state index is 0.452. The Kier molecular flexibility index (Phi) is 11.0. The van der Waals surface area contributed by atoms with Crippen molar-refractivity contribution in [3.8, 4) is 22.9 Å². The minimum Gasteiger partial charge on any atom is -0.497 e. The van der Waals surface area contributed by atoms with Crippen LogP contribution in [0.15, 0.2) is 79.1 Å². The van der Waals surface area contributed by atoms with Crippen molar-refractivity contribution in [3.63, 3.8) is 0 Å². The average Bonchev–Trinajstić information content (AvgIpc) is 3.13. The Hall–Kier alpha value is -5.18. The molecule has 1 N–H and O–H groups in total. The Morgan fingerprint density at radius 2 is 1.39 bits per heavy atom. The van der Waals surface area contributed by atoms with Crippen molar-refractivity contribution in [1.29, 1.82) is 0 Å². The Morgan fingerprint density at radius 3 is 1.94 bits per heavy atom. The van der Waals surface area contributed by atoms with E-state index in [0.717, 1.165) is 39.6 Å². The van der Waals surface area contributed by atoms with E-state index in [0.29, 0.717) is 74.8 Å². The van der Waals surface area contributed by atoms with Gasteiger partial charge >= 0.3 is 0 Å². The van der Waals surface area contributed by atoms with Gasteiger partial charge in [-0.25, -0.2) is 18.4 Å². The second-order valence-corrected chi connectivity index (χ2v) is 14.5. The average molecular weight is 710 g/mol. The van der Waals surface area contributed by atoms with Crippen LogP contribution in [0.5, 0.6) is 11.5 Å². The van der Waals surface area contributed by atoms with Crippen molar-refractivity contribution in [2.45, 2.75) is 33.5 Å². The van der Waals surface area contributed by atoms with Gasteiger partial charge in [0.25, 0.3) is 0 Å².